The third-order valence-electron chi connectivity index (χ3n) is 6.97. The summed E-state index contributed by atoms with van der Waals surface area (Å²) >= 11 is 0. The highest BCUT2D eigenvalue weighted by atomic mass is 19.1. The maximum atomic E-state index is 13.5. The summed E-state index contributed by atoms with van der Waals surface area (Å²) in [6, 6.07) is 14.2. The maximum absolute atomic E-state index is 13.5. The Balaban J connectivity index is 1.34. The fraction of sp³-hybridized carbons (Fsp3) is 0.500. The molecular weight excluding hydrogens is 342 g/mol. The molecule has 2 aliphatic carbocycles. The van der Waals surface area contributed by atoms with Crippen molar-refractivity contribution in [2.75, 3.05) is 0 Å². The van der Waals surface area contributed by atoms with Gasteiger partial charge in [-0.15, -0.1) is 0 Å². The number of benzene rings is 2. The molecule has 0 saturated heterocycles. The van der Waals surface area contributed by atoms with Gasteiger partial charge in [-0.05, 0) is 92.4 Å². The molecule has 2 aromatic carbocycles. The molecule has 0 amide bonds. The van der Waals surface area contributed by atoms with Gasteiger partial charge in [0.05, 0.1) is 5.60 Å². The van der Waals surface area contributed by atoms with Crippen LogP contribution in [0.4, 0.5) is 8.78 Å². The topological polar surface area (TPSA) is 20.2 Å². The van der Waals surface area contributed by atoms with Crippen LogP contribution in [-0.2, 0) is 5.60 Å². The second kappa shape index (κ2) is 7.71. The predicted molar refractivity (Wildman–Crippen MR) is 103 cm³/mol. The molecule has 2 fully saturated rings. The Morgan fingerprint density at radius 1 is 0.741 bits per heavy atom. The molecule has 1 N–H and O–H groups in total. The van der Waals surface area contributed by atoms with Crippen LogP contribution < -0.4 is 0 Å². The Morgan fingerprint density at radius 2 is 1.30 bits per heavy atom. The summed E-state index contributed by atoms with van der Waals surface area (Å²) < 4.78 is 27.1. The van der Waals surface area contributed by atoms with Crippen molar-refractivity contribution in [3.05, 3.63) is 71.3 Å². The molecule has 0 aromatic heterocycles. The summed E-state index contributed by atoms with van der Waals surface area (Å²) in [6.07, 6.45) is 8.05. The molecule has 27 heavy (non-hydrogen) atoms. The van der Waals surface area contributed by atoms with Crippen LogP contribution in [-0.4, -0.2) is 5.11 Å². The summed E-state index contributed by atoms with van der Waals surface area (Å²) in [5.74, 6) is 0.803. The molecule has 2 aromatic rings. The lowest BCUT2D eigenvalue weighted by Gasteiger charge is -2.41. The zero-order valence-corrected chi connectivity index (χ0v) is 15.7. The molecule has 0 radical (unpaired) electrons. The van der Waals surface area contributed by atoms with Gasteiger partial charge in [0.15, 0.2) is 0 Å². The van der Waals surface area contributed by atoms with E-state index in [0.29, 0.717) is 30.2 Å². The third-order valence-corrected chi connectivity index (χ3v) is 6.97. The molecule has 3 heteroatoms. The zero-order chi connectivity index (χ0) is 18.9. The molecule has 0 unspecified atom stereocenters. The second-order valence-electron chi connectivity index (χ2n) is 8.55. The smallest absolute Gasteiger partial charge is 0.126 e. The highest BCUT2D eigenvalue weighted by Crippen LogP contribution is 2.47. The van der Waals surface area contributed by atoms with Gasteiger partial charge >= 0.3 is 0 Å². The van der Waals surface area contributed by atoms with Crippen LogP contribution in [0.1, 0.15) is 68.4 Å². The van der Waals surface area contributed by atoms with Gasteiger partial charge in [-0.1, -0.05) is 30.3 Å². The molecule has 2 saturated carbocycles. The fourth-order valence-corrected chi connectivity index (χ4v) is 5.35. The van der Waals surface area contributed by atoms with Crippen molar-refractivity contribution in [3.63, 3.8) is 0 Å². The molecule has 0 atom stereocenters. The van der Waals surface area contributed by atoms with Gasteiger partial charge in [0.25, 0.3) is 0 Å². The van der Waals surface area contributed by atoms with Gasteiger partial charge in [-0.3, -0.25) is 0 Å². The number of halogens is 2. The summed E-state index contributed by atoms with van der Waals surface area (Å²) in [5.41, 5.74) is 0.772. The molecule has 2 aliphatic rings. The number of hydrogen-bond acceptors (Lipinski definition) is 1. The van der Waals surface area contributed by atoms with Gasteiger partial charge in [0.1, 0.15) is 11.6 Å². The van der Waals surface area contributed by atoms with E-state index >= 15 is 0 Å². The van der Waals surface area contributed by atoms with Crippen LogP contribution in [0.5, 0.6) is 0 Å². The standard InChI is InChI=1S/C24H28F2O/c25-22-14-21(15-23(26)16-22)24(27)12-10-20(11-13-24)19-8-6-18(7-9-19)17-4-2-1-3-5-17/h1-5,14-16,18-20,27H,6-13H2. The first-order valence-corrected chi connectivity index (χ1v) is 10.3. The van der Waals surface area contributed by atoms with Crippen molar-refractivity contribution in [2.24, 2.45) is 11.8 Å². The molecule has 0 spiro atoms. The summed E-state index contributed by atoms with van der Waals surface area (Å²) in [7, 11) is 0. The highest BCUT2D eigenvalue weighted by molar-refractivity contribution is 5.25. The van der Waals surface area contributed by atoms with E-state index in [9.17, 15) is 13.9 Å². The first-order valence-electron chi connectivity index (χ1n) is 10.3. The van der Waals surface area contributed by atoms with Gasteiger partial charge in [-0.25, -0.2) is 8.78 Å². The van der Waals surface area contributed by atoms with Crippen molar-refractivity contribution >= 4 is 0 Å². The van der Waals surface area contributed by atoms with E-state index in [4.69, 9.17) is 0 Å². The Bertz CT molecular complexity index is 737. The molecule has 0 heterocycles. The Morgan fingerprint density at radius 3 is 1.89 bits per heavy atom. The summed E-state index contributed by atoms with van der Waals surface area (Å²) in [5, 5.41) is 11.0. The predicted octanol–water partition coefficient (Wildman–Crippen LogP) is 6.32. The minimum atomic E-state index is -1.08. The second-order valence-corrected chi connectivity index (χ2v) is 8.55. The molecule has 0 bridgehead atoms. The highest BCUT2D eigenvalue weighted by Gasteiger charge is 2.38. The van der Waals surface area contributed by atoms with Crippen LogP contribution >= 0.6 is 0 Å². The fourth-order valence-electron chi connectivity index (χ4n) is 5.35. The maximum Gasteiger partial charge on any atom is 0.126 e. The number of rotatable bonds is 3. The number of hydrogen-bond donors (Lipinski definition) is 1. The normalized spacial score (nSPS) is 31.6. The lowest BCUT2D eigenvalue weighted by atomic mass is 9.66. The van der Waals surface area contributed by atoms with Crippen LogP contribution in [0.3, 0.4) is 0 Å². The molecule has 1 nitrogen and oxygen atoms in total. The average molecular weight is 370 g/mol. The molecule has 144 valence electrons. The third kappa shape index (κ3) is 4.08. The van der Waals surface area contributed by atoms with Crippen LogP contribution in [0, 0.1) is 23.5 Å². The van der Waals surface area contributed by atoms with E-state index in [-0.39, 0.29) is 0 Å². The average Bonchev–Trinajstić information content (AvgIpc) is 2.69. The van der Waals surface area contributed by atoms with Crippen LogP contribution in [0.25, 0.3) is 0 Å². The quantitative estimate of drug-likeness (QED) is 0.670. The van der Waals surface area contributed by atoms with Gasteiger partial charge in [0, 0.05) is 6.07 Å². The summed E-state index contributed by atoms with van der Waals surface area (Å²) in [6.45, 7) is 0. The van der Waals surface area contributed by atoms with Gasteiger partial charge in [0.2, 0.25) is 0 Å². The van der Waals surface area contributed by atoms with Crippen molar-refractivity contribution in [3.8, 4) is 0 Å². The van der Waals surface area contributed by atoms with E-state index in [1.54, 1.807) is 0 Å². The van der Waals surface area contributed by atoms with Crippen molar-refractivity contribution < 1.29 is 13.9 Å². The van der Waals surface area contributed by atoms with E-state index in [1.165, 1.54) is 43.4 Å². The van der Waals surface area contributed by atoms with E-state index in [0.717, 1.165) is 24.8 Å². The van der Waals surface area contributed by atoms with Crippen LogP contribution in [0.15, 0.2) is 48.5 Å². The van der Waals surface area contributed by atoms with Crippen molar-refractivity contribution in [1.82, 2.24) is 0 Å². The minimum absolute atomic E-state index is 0.395. The van der Waals surface area contributed by atoms with Crippen molar-refractivity contribution in [2.45, 2.75) is 62.9 Å². The molecule has 4 rings (SSSR count). The molecule has 0 aliphatic heterocycles. The Hall–Kier alpha value is -1.74. The SMILES string of the molecule is OC1(c2cc(F)cc(F)c2)CCC(C2CCC(c3ccccc3)CC2)CC1. The zero-order valence-electron chi connectivity index (χ0n) is 15.7. The number of aliphatic hydroxyl groups is 1. The Labute approximate surface area is 160 Å². The first kappa shape index (κ1) is 18.6. The Kier molecular flexibility index (Phi) is 5.32. The lowest BCUT2D eigenvalue weighted by Crippen LogP contribution is -2.34. The monoisotopic (exact) mass is 370 g/mol. The van der Waals surface area contributed by atoms with E-state index in [2.05, 4.69) is 30.3 Å². The van der Waals surface area contributed by atoms with E-state index < -0.39 is 17.2 Å². The first-order chi connectivity index (χ1) is 13.0. The largest absolute Gasteiger partial charge is 0.385 e. The molecular formula is C24H28F2O. The summed E-state index contributed by atoms with van der Waals surface area (Å²) in [4.78, 5) is 0. The van der Waals surface area contributed by atoms with E-state index in [1.807, 2.05) is 0 Å². The van der Waals surface area contributed by atoms with Crippen LogP contribution in [0.2, 0.25) is 0 Å². The lowest BCUT2D eigenvalue weighted by molar-refractivity contribution is -0.0256. The van der Waals surface area contributed by atoms with Crippen molar-refractivity contribution in [1.29, 1.82) is 0 Å². The van der Waals surface area contributed by atoms with Gasteiger partial charge in [-0.2, -0.15) is 0 Å². The minimum Gasteiger partial charge on any atom is -0.385 e. The van der Waals surface area contributed by atoms with Gasteiger partial charge < -0.3 is 5.11 Å².